The van der Waals surface area contributed by atoms with Gasteiger partial charge in [0.25, 0.3) is 5.69 Å². The molecule has 0 spiro atoms. The van der Waals surface area contributed by atoms with E-state index in [2.05, 4.69) is 0 Å². The van der Waals surface area contributed by atoms with Gasteiger partial charge < -0.3 is 4.74 Å². The molecule has 2 rings (SSSR count). The summed E-state index contributed by atoms with van der Waals surface area (Å²) in [4.78, 5) is 21.7. The minimum Gasteiger partial charge on any atom is -0.455 e. The van der Waals surface area contributed by atoms with Gasteiger partial charge >= 0.3 is 0 Å². The number of nitro groups is 1. The Morgan fingerprint density at radius 1 is 1.24 bits per heavy atom. The monoisotopic (exact) mass is 325 g/mol. The van der Waals surface area contributed by atoms with Gasteiger partial charge in [0.15, 0.2) is 5.78 Å². The number of nitrogens with zero attached hydrogens (tertiary/aromatic N) is 1. The normalized spacial score (nSPS) is 10.2. The first-order valence-electron chi connectivity index (χ1n) is 5.81. The second kappa shape index (κ2) is 6.11. The Kier molecular flexibility index (Phi) is 4.45. The van der Waals surface area contributed by atoms with Crippen LogP contribution in [-0.2, 0) is 0 Å². The minimum absolute atomic E-state index is 0.0181. The van der Waals surface area contributed by atoms with E-state index in [0.717, 1.165) is 0 Å². The molecule has 0 saturated heterocycles. The fourth-order valence-electron chi connectivity index (χ4n) is 1.71. The Labute approximate surface area is 130 Å². The van der Waals surface area contributed by atoms with E-state index >= 15 is 0 Å². The predicted molar refractivity (Wildman–Crippen MR) is 79.6 cm³/mol. The third-order valence-electron chi connectivity index (χ3n) is 2.69. The first kappa shape index (κ1) is 15.3. The molecule has 0 atom stereocenters. The number of ether oxygens (including phenoxy) is 1. The first-order chi connectivity index (χ1) is 9.90. The Balaban J connectivity index is 2.42. The topological polar surface area (TPSA) is 69.4 Å². The van der Waals surface area contributed by atoms with Crippen LogP contribution in [0.1, 0.15) is 17.3 Å². The molecule has 0 aromatic heterocycles. The van der Waals surface area contributed by atoms with E-state index in [1.165, 1.54) is 25.1 Å². The lowest BCUT2D eigenvalue weighted by Gasteiger charge is -2.09. The van der Waals surface area contributed by atoms with Gasteiger partial charge in [-0.25, -0.2) is 0 Å². The number of hydrogen-bond donors (Lipinski definition) is 0. The van der Waals surface area contributed by atoms with E-state index in [0.29, 0.717) is 5.02 Å². The third kappa shape index (κ3) is 3.32. The summed E-state index contributed by atoms with van der Waals surface area (Å²) in [6.45, 7) is 1.26. The average molecular weight is 326 g/mol. The molecule has 0 aliphatic rings. The van der Waals surface area contributed by atoms with E-state index in [1.54, 1.807) is 18.2 Å². The van der Waals surface area contributed by atoms with Crippen molar-refractivity contribution in [3.63, 3.8) is 0 Å². The third-order valence-corrected chi connectivity index (χ3v) is 3.49. The molecule has 0 bridgehead atoms. The molecule has 21 heavy (non-hydrogen) atoms. The zero-order chi connectivity index (χ0) is 15.6. The van der Waals surface area contributed by atoms with Crippen molar-refractivity contribution in [2.75, 3.05) is 0 Å². The molecule has 108 valence electrons. The lowest BCUT2D eigenvalue weighted by atomic mass is 10.1. The zero-order valence-corrected chi connectivity index (χ0v) is 12.3. The van der Waals surface area contributed by atoms with Gasteiger partial charge in [-0.3, -0.25) is 14.9 Å². The summed E-state index contributed by atoms with van der Waals surface area (Å²) in [5.74, 6) is 0.0685. The first-order valence-corrected chi connectivity index (χ1v) is 6.57. The van der Waals surface area contributed by atoms with Crippen molar-refractivity contribution in [2.45, 2.75) is 6.92 Å². The Morgan fingerprint density at radius 2 is 1.95 bits per heavy atom. The van der Waals surface area contributed by atoms with Crippen LogP contribution in [0.15, 0.2) is 36.4 Å². The number of carbonyl (C=O) groups is 1. The maximum Gasteiger partial charge on any atom is 0.283 e. The minimum atomic E-state index is -0.636. The molecule has 5 nitrogen and oxygen atoms in total. The van der Waals surface area contributed by atoms with Crippen LogP contribution in [0.2, 0.25) is 10.0 Å². The summed E-state index contributed by atoms with van der Waals surface area (Å²) >= 11 is 11.8. The number of hydrogen-bond acceptors (Lipinski definition) is 4. The zero-order valence-electron chi connectivity index (χ0n) is 10.8. The van der Waals surface area contributed by atoms with E-state index < -0.39 is 10.7 Å². The van der Waals surface area contributed by atoms with Gasteiger partial charge in [-0.05, 0) is 31.2 Å². The van der Waals surface area contributed by atoms with E-state index in [9.17, 15) is 14.9 Å². The summed E-state index contributed by atoms with van der Waals surface area (Å²) in [6, 6.07) is 8.79. The fourth-order valence-corrected chi connectivity index (χ4v) is 2.04. The molecular weight excluding hydrogens is 317 g/mol. The molecule has 7 heteroatoms. The summed E-state index contributed by atoms with van der Waals surface area (Å²) in [6.07, 6.45) is 0. The summed E-state index contributed by atoms with van der Waals surface area (Å²) in [5, 5.41) is 11.5. The second-order valence-electron chi connectivity index (χ2n) is 4.15. The van der Waals surface area contributed by atoms with Crippen LogP contribution in [0.3, 0.4) is 0 Å². The highest BCUT2D eigenvalue weighted by atomic mass is 35.5. The average Bonchev–Trinajstić information content (AvgIpc) is 2.43. The van der Waals surface area contributed by atoms with Crippen LogP contribution < -0.4 is 4.74 Å². The van der Waals surface area contributed by atoms with Crippen molar-refractivity contribution < 1.29 is 14.5 Å². The molecule has 0 aliphatic heterocycles. The smallest absolute Gasteiger partial charge is 0.283 e. The second-order valence-corrected chi connectivity index (χ2v) is 4.93. The molecule has 0 heterocycles. The van der Waals surface area contributed by atoms with Crippen molar-refractivity contribution in [3.8, 4) is 11.5 Å². The summed E-state index contributed by atoms with van der Waals surface area (Å²) in [5.41, 5.74) is -0.303. The van der Waals surface area contributed by atoms with Gasteiger partial charge in [-0.15, -0.1) is 0 Å². The molecule has 0 radical (unpaired) electrons. The number of halogens is 2. The number of rotatable bonds is 4. The van der Waals surface area contributed by atoms with E-state index in [1.807, 2.05) is 0 Å². The van der Waals surface area contributed by atoms with Crippen LogP contribution in [0.5, 0.6) is 11.5 Å². The van der Waals surface area contributed by atoms with Gasteiger partial charge in [0, 0.05) is 0 Å². The van der Waals surface area contributed by atoms with Crippen molar-refractivity contribution in [1.29, 1.82) is 0 Å². The molecule has 2 aromatic rings. The molecule has 0 amide bonds. The van der Waals surface area contributed by atoms with E-state index in [4.69, 9.17) is 27.9 Å². The number of ketones is 1. The summed E-state index contributed by atoms with van der Waals surface area (Å²) in [7, 11) is 0. The highest BCUT2D eigenvalue weighted by Crippen LogP contribution is 2.36. The van der Waals surface area contributed by atoms with Crippen molar-refractivity contribution in [3.05, 3.63) is 62.1 Å². The van der Waals surface area contributed by atoms with Crippen LogP contribution in [0, 0.1) is 10.1 Å². The quantitative estimate of drug-likeness (QED) is 0.455. The number of carbonyl (C=O) groups excluding carboxylic acids is 1. The highest BCUT2D eigenvalue weighted by molar-refractivity contribution is 6.42. The lowest BCUT2D eigenvalue weighted by molar-refractivity contribution is -0.385. The van der Waals surface area contributed by atoms with Gasteiger partial charge in [0.2, 0.25) is 0 Å². The SMILES string of the molecule is CC(=O)c1ccc(Oc2cccc(Cl)c2Cl)cc1[N+](=O)[O-]. The number of benzene rings is 2. The molecule has 0 saturated carbocycles. The molecule has 0 aliphatic carbocycles. The standard InChI is InChI=1S/C14H9Cl2NO4/c1-8(18)10-6-5-9(7-12(10)17(19)20)21-13-4-2-3-11(15)14(13)16/h2-7H,1H3. The largest absolute Gasteiger partial charge is 0.455 e. The van der Waals surface area contributed by atoms with Crippen molar-refractivity contribution >= 4 is 34.7 Å². The van der Waals surface area contributed by atoms with Gasteiger partial charge in [-0.2, -0.15) is 0 Å². The predicted octanol–water partition coefficient (Wildman–Crippen LogP) is 4.90. The van der Waals surface area contributed by atoms with Crippen molar-refractivity contribution in [2.24, 2.45) is 0 Å². The fraction of sp³-hybridized carbons (Fsp3) is 0.0714. The van der Waals surface area contributed by atoms with Gasteiger partial charge in [0.05, 0.1) is 21.6 Å². The molecular formula is C14H9Cl2NO4. The van der Waals surface area contributed by atoms with Crippen LogP contribution in [0.4, 0.5) is 5.69 Å². The Bertz CT molecular complexity index is 731. The molecule has 0 unspecified atom stereocenters. The Morgan fingerprint density at radius 3 is 2.57 bits per heavy atom. The maximum absolute atomic E-state index is 11.4. The van der Waals surface area contributed by atoms with Gasteiger partial charge in [0.1, 0.15) is 16.5 Å². The molecule has 0 fully saturated rings. The summed E-state index contributed by atoms with van der Waals surface area (Å²) < 4.78 is 5.48. The van der Waals surface area contributed by atoms with Crippen molar-refractivity contribution in [1.82, 2.24) is 0 Å². The van der Waals surface area contributed by atoms with Crippen LogP contribution in [-0.4, -0.2) is 10.7 Å². The van der Waals surface area contributed by atoms with Crippen LogP contribution >= 0.6 is 23.2 Å². The van der Waals surface area contributed by atoms with Gasteiger partial charge in [-0.1, -0.05) is 29.3 Å². The van der Waals surface area contributed by atoms with E-state index in [-0.39, 0.29) is 27.8 Å². The highest BCUT2D eigenvalue weighted by Gasteiger charge is 2.19. The Hall–Kier alpha value is -2.11. The lowest BCUT2D eigenvalue weighted by Crippen LogP contribution is -2.00. The maximum atomic E-state index is 11.4. The molecule has 2 aromatic carbocycles. The van der Waals surface area contributed by atoms with Crippen LogP contribution in [0.25, 0.3) is 0 Å². The number of nitro benzene ring substituents is 1. The molecule has 0 N–H and O–H groups in total. The number of Topliss-reactive ketones (excluding diaryl/α,β-unsaturated/α-hetero) is 1.